The molecule has 0 bridgehead atoms. The van der Waals surface area contributed by atoms with E-state index in [-0.39, 0.29) is 21.8 Å². The molecule has 0 spiro atoms. The van der Waals surface area contributed by atoms with E-state index >= 15 is 0 Å². The van der Waals surface area contributed by atoms with Crippen molar-refractivity contribution in [2.45, 2.75) is 37.8 Å². The number of para-hydroxylation sites is 1. The fourth-order valence-corrected chi connectivity index (χ4v) is 5.17. The van der Waals surface area contributed by atoms with E-state index in [2.05, 4.69) is 15.5 Å². The van der Waals surface area contributed by atoms with Gasteiger partial charge in [0.05, 0.1) is 11.5 Å². The zero-order chi connectivity index (χ0) is 21.2. The summed E-state index contributed by atoms with van der Waals surface area (Å²) in [5, 5.41) is 10.7. The van der Waals surface area contributed by atoms with Gasteiger partial charge in [0.1, 0.15) is 4.90 Å². The van der Waals surface area contributed by atoms with Gasteiger partial charge in [-0.1, -0.05) is 41.6 Å². The number of thioether (sulfide) groups is 1. The normalized spacial score (nSPS) is 18.4. The number of aryl methyl sites for hydroxylation is 3. The van der Waals surface area contributed by atoms with Crippen LogP contribution in [0.2, 0.25) is 0 Å². The van der Waals surface area contributed by atoms with E-state index in [0.29, 0.717) is 21.9 Å². The van der Waals surface area contributed by atoms with Gasteiger partial charge >= 0.3 is 10.1 Å². The number of nitrogens with zero attached hydrogens (tertiary/aromatic N) is 2. The first kappa shape index (κ1) is 21.1. The molecule has 29 heavy (non-hydrogen) atoms. The number of benzene rings is 2. The Morgan fingerprint density at radius 1 is 1.14 bits per heavy atom. The Morgan fingerprint density at radius 3 is 2.41 bits per heavy atom. The first-order chi connectivity index (χ1) is 13.7. The molecule has 1 saturated heterocycles. The third-order valence-electron chi connectivity index (χ3n) is 4.21. The summed E-state index contributed by atoms with van der Waals surface area (Å²) in [7, 11) is -4.03. The predicted molar refractivity (Wildman–Crippen MR) is 115 cm³/mol. The Balaban J connectivity index is 1.87. The summed E-state index contributed by atoms with van der Waals surface area (Å²) in [5.74, 6) is 0.0231. The molecule has 0 aliphatic carbocycles. The fourth-order valence-electron chi connectivity index (χ4n) is 3.03. The summed E-state index contributed by atoms with van der Waals surface area (Å²) in [6.07, 6.45) is 1.39. The molecule has 0 saturated carbocycles. The molecule has 1 aliphatic heterocycles. The minimum atomic E-state index is -4.03. The lowest BCUT2D eigenvalue weighted by Crippen LogP contribution is -2.23. The van der Waals surface area contributed by atoms with Crippen LogP contribution in [0.4, 0.5) is 0 Å². The Labute approximate surface area is 174 Å². The maximum Gasteiger partial charge on any atom is 0.339 e. The molecular formula is C20H21N3O4S2. The lowest BCUT2D eigenvalue weighted by molar-refractivity contribution is -0.118. The van der Waals surface area contributed by atoms with Crippen LogP contribution in [0.5, 0.6) is 5.75 Å². The van der Waals surface area contributed by atoms with Gasteiger partial charge in [-0.05, 0) is 51.0 Å². The SMILES string of the molecule is Cc1cc(C)c(S(=O)(=O)Oc2ccccc2/C=N/N=C2/NC(=O)C(C)S2)c(C)c1. The van der Waals surface area contributed by atoms with Crippen molar-refractivity contribution in [3.63, 3.8) is 0 Å². The number of hydrogen-bond donors (Lipinski definition) is 1. The van der Waals surface area contributed by atoms with E-state index in [1.54, 1.807) is 57.2 Å². The van der Waals surface area contributed by atoms with Gasteiger partial charge in [-0.25, -0.2) is 0 Å². The van der Waals surface area contributed by atoms with Crippen LogP contribution < -0.4 is 9.50 Å². The molecular weight excluding hydrogens is 410 g/mol. The van der Waals surface area contributed by atoms with E-state index in [4.69, 9.17) is 4.18 Å². The molecule has 2 aromatic rings. The summed E-state index contributed by atoms with van der Waals surface area (Å²) in [5.41, 5.74) is 2.69. The van der Waals surface area contributed by atoms with Gasteiger partial charge in [0.2, 0.25) is 5.91 Å². The molecule has 9 heteroatoms. The second-order valence-corrected chi connectivity index (χ2v) is 9.51. The average molecular weight is 432 g/mol. The lowest BCUT2D eigenvalue weighted by atomic mass is 10.1. The highest BCUT2D eigenvalue weighted by molar-refractivity contribution is 8.15. The van der Waals surface area contributed by atoms with Crippen molar-refractivity contribution in [3.8, 4) is 5.75 Å². The second kappa shape index (κ2) is 8.38. The summed E-state index contributed by atoms with van der Waals surface area (Å²) in [6, 6.07) is 10.3. The topological polar surface area (TPSA) is 97.2 Å². The standard InChI is InChI=1S/C20H21N3O4S2/c1-12-9-13(2)18(14(3)10-12)29(25,26)27-17-8-6-5-7-16(17)11-21-23-20-22-19(24)15(4)28-20/h5-11,15H,1-4H3,(H,22,23,24)/b21-11+. The first-order valence-electron chi connectivity index (χ1n) is 8.87. The van der Waals surface area contributed by atoms with Gasteiger partial charge in [0.15, 0.2) is 10.9 Å². The minimum Gasteiger partial charge on any atom is -0.378 e. The first-order valence-corrected chi connectivity index (χ1v) is 11.2. The molecule has 1 amide bonds. The fraction of sp³-hybridized carbons (Fsp3) is 0.250. The molecule has 1 aliphatic rings. The van der Waals surface area contributed by atoms with Crippen LogP contribution >= 0.6 is 11.8 Å². The number of amides is 1. The highest BCUT2D eigenvalue weighted by Crippen LogP contribution is 2.27. The molecule has 1 N–H and O–H groups in total. The van der Waals surface area contributed by atoms with Crippen molar-refractivity contribution in [1.29, 1.82) is 0 Å². The van der Waals surface area contributed by atoms with Crippen LogP contribution in [0, 0.1) is 20.8 Å². The van der Waals surface area contributed by atoms with Crippen LogP contribution in [0.1, 0.15) is 29.2 Å². The second-order valence-electron chi connectivity index (χ2n) is 6.70. The van der Waals surface area contributed by atoms with Crippen molar-refractivity contribution in [2.75, 3.05) is 0 Å². The Hall–Kier alpha value is -2.65. The number of nitrogens with one attached hydrogen (secondary N) is 1. The maximum absolute atomic E-state index is 12.9. The molecule has 152 valence electrons. The molecule has 2 aromatic carbocycles. The number of amidine groups is 1. The lowest BCUT2D eigenvalue weighted by Gasteiger charge is -2.14. The highest BCUT2D eigenvalue weighted by Gasteiger charge is 2.26. The van der Waals surface area contributed by atoms with Crippen LogP contribution in [-0.4, -0.2) is 31.0 Å². The minimum absolute atomic E-state index is 0.123. The largest absolute Gasteiger partial charge is 0.378 e. The summed E-state index contributed by atoms with van der Waals surface area (Å²) < 4.78 is 31.3. The molecule has 3 rings (SSSR count). The van der Waals surface area contributed by atoms with Crippen molar-refractivity contribution in [3.05, 3.63) is 58.7 Å². The summed E-state index contributed by atoms with van der Waals surface area (Å²) in [6.45, 7) is 7.17. The van der Waals surface area contributed by atoms with Crippen molar-refractivity contribution >= 4 is 39.2 Å². The van der Waals surface area contributed by atoms with E-state index in [1.807, 2.05) is 6.92 Å². The quantitative estimate of drug-likeness (QED) is 0.445. The van der Waals surface area contributed by atoms with Gasteiger partial charge in [-0.2, -0.15) is 13.5 Å². The Bertz CT molecular complexity index is 1100. The Kier molecular flexibility index (Phi) is 6.09. The van der Waals surface area contributed by atoms with E-state index in [0.717, 1.165) is 5.56 Å². The highest BCUT2D eigenvalue weighted by atomic mass is 32.2. The van der Waals surface area contributed by atoms with E-state index in [9.17, 15) is 13.2 Å². The summed E-state index contributed by atoms with van der Waals surface area (Å²) in [4.78, 5) is 11.6. The van der Waals surface area contributed by atoms with Gasteiger partial charge in [-0.3, -0.25) is 4.79 Å². The Morgan fingerprint density at radius 2 is 1.79 bits per heavy atom. The third kappa shape index (κ3) is 4.86. The zero-order valence-corrected chi connectivity index (χ0v) is 18.1. The van der Waals surface area contributed by atoms with Crippen molar-refractivity contribution < 1.29 is 17.4 Å². The smallest absolute Gasteiger partial charge is 0.339 e. The van der Waals surface area contributed by atoms with Crippen molar-refractivity contribution in [2.24, 2.45) is 10.2 Å². The number of hydrogen-bond acceptors (Lipinski definition) is 7. The molecule has 0 aromatic heterocycles. The number of carbonyl (C=O) groups is 1. The molecule has 7 nitrogen and oxygen atoms in total. The van der Waals surface area contributed by atoms with Gasteiger partial charge in [-0.15, -0.1) is 5.10 Å². The van der Waals surface area contributed by atoms with Gasteiger partial charge < -0.3 is 9.50 Å². The summed E-state index contributed by atoms with van der Waals surface area (Å²) >= 11 is 1.27. The van der Waals surface area contributed by atoms with Crippen molar-refractivity contribution in [1.82, 2.24) is 5.32 Å². The zero-order valence-electron chi connectivity index (χ0n) is 16.5. The third-order valence-corrected chi connectivity index (χ3v) is 6.72. The van der Waals surface area contributed by atoms with Crippen LogP contribution in [-0.2, 0) is 14.9 Å². The monoisotopic (exact) mass is 431 g/mol. The molecule has 1 unspecified atom stereocenters. The van der Waals surface area contributed by atoms with Crippen LogP contribution in [0.15, 0.2) is 51.5 Å². The molecule has 1 fully saturated rings. The molecule has 0 radical (unpaired) electrons. The van der Waals surface area contributed by atoms with Gasteiger partial charge in [0, 0.05) is 5.56 Å². The average Bonchev–Trinajstić information content (AvgIpc) is 2.92. The maximum atomic E-state index is 12.9. The number of rotatable bonds is 5. The van der Waals surface area contributed by atoms with Crippen LogP contribution in [0.3, 0.4) is 0 Å². The van der Waals surface area contributed by atoms with E-state index < -0.39 is 10.1 Å². The van der Waals surface area contributed by atoms with E-state index in [1.165, 1.54) is 18.0 Å². The molecule has 1 atom stereocenters. The van der Waals surface area contributed by atoms with Gasteiger partial charge in [0.25, 0.3) is 0 Å². The predicted octanol–water partition coefficient (Wildman–Crippen LogP) is 3.32. The van der Waals surface area contributed by atoms with Crippen LogP contribution in [0.25, 0.3) is 0 Å². The molecule has 1 heterocycles. The number of carbonyl (C=O) groups excluding carboxylic acids is 1.